The standard InChI is InChI=1S/C20H29N7O/c1-13(28)27-10-9-15-18(12-27)22-20(26(2)3)23-19(15)21-11-17-14-7-5-4-6-8-16(14)24-25-17/h4-12H2,1-3H3,(H,24,25)(H,21,22,23). The highest BCUT2D eigenvalue weighted by Gasteiger charge is 2.24. The van der Waals surface area contributed by atoms with Crippen LogP contribution >= 0.6 is 0 Å². The van der Waals surface area contributed by atoms with E-state index in [2.05, 4.69) is 15.5 Å². The first-order chi connectivity index (χ1) is 13.5. The number of H-pyrrole nitrogens is 1. The molecule has 1 aliphatic heterocycles. The van der Waals surface area contributed by atoms with Gasteiger partial charge in [0.2, 0.25) is 11.9 Å². The van der Waals surface area contributed by atoms with E-state index in [1.165, 1.54) is 30.5 Å². The first-order valence-corrected chi connectivity index (χ1v) is 10.1. The fraction of sp³-hybridized carbons (Fsp3) is 0.600. The van der Waals surface area contributed by atoms with Crippen LogP contribution in [0.5, 0.6) is 0 Å². The van der Waals surface area contributed by atoms with Crippen molar-refractivity contribution in [3.63, 3.8) is 0 Å². The Kier molecular flexibility index (Phi) is 5.19. The summed E-state index contributed by atoms with van der Waals surface area (Å²) in [5.41, 5.74) is 5.82. The minimum absolute atomic E-state index is 0.0874. The number of amides is 1. The smallest absolute Gasteiger partial charge is 0.227 e. The van der Waals surface area contributed by atoms with E-state index in [0.29, 0.717) is 25.6 Å². The van der Waals surface area contributed by atoms with E-state index in [4.69, 9.17) is 9.97 Å². The molecule has 0 aromatic carbocycles. The Bertz CT molecular complexity index is 874. The van der Waals surface area contributed by atoms with E-state index in [9.17, 15) is 4.79 Å². The average Bonchev–Trinajstić information content (AvgIpc) is 2.91. The summed E-state index contributed by atoms with van der Waals surface area (Å²) in [5.74, 6) is 1.61. The van der Waals surface area contributed by atoms with Gasteiger partial charge in [0, 0.05) is 38.8 Å². The monoisotopic (exact) mass is 383 g/mol. The number of aromatic nitrogens is 4. The number of nitrogens with zero attached hydrogens (tertiary/aromatic N) is 5. The fourth-order valence-electron chi connectivity index (χ4n) is 4.07. The third-order valence-corrected chi connectivity index (χ3v) is 5.71. The molecule has 0 saturated heterocycles. The molecule has 2 N–H and O–H groups in total. The maximum Gasteiger partial charge on any atom is 0.227 e. The van der Waals surface area contributed by atoms with Crippen LogP contribution in [0.15, 0.2) is 0 Å². The molecule has 2 aromatic rings. The molecule has 28 heavy (non-hydrogen) atoms. The van der Waals surface area contributed by atoms with Crippen LogP contribution in [0.4, 0.5) is 11.8 Å². The lowest BCUT2D eigenvalue weighted by Crippen LogP contribution is -2.35. The number of fused-ring (bicyclic) bond motifs is 2. The van der Waals surface area contributed by atoms with Gasteiger partial charge in [-0.25, -0.2) is 4.98 Å². The number of hydrogen-bond donors (Lipinski definition) is 2. The summed E-state index contributed by atoms with van der Waals surface area (Å²) >= 11 is 0. The summed E-state index contributed by atoms with van der Waals surface area (Å²) in [6.45, 7) is 3.51. The Labute approximate surface area is 165 Å². The zero-order valence-electron chi connectivity index (χ0n) is 17.0. The van der Waals surface area contributed by atoms with Gasteiger partial charge in [0.1, 0.15) is 5.82 Å². The maximum atomic E-state index is 11.8. The van der Waals surface area contributed by atoms with Crippen LogP contribution in [0.2, 0.25) is 0 Å². The number of anilines is 2. The zero-order chi connectivity index (χ0) is 19.7. The van der Waals surface area contributed by atoms with Crippen LogP contribution in [0.1, 0.15) is 54.4 Å². The Hall–Kier alpha value is -2.64. The molecule has 150 valence electrons. The van der Waals surface area contributed by atoms with Crippen molar-refractivity contribution in [2.45, 2.75) is 58.5 Å². The Morgan fingerprint density at radius 1 is 1.14 bits per heavy atom. The van der Waals surface area contributed by atoms with Gasteiger partial charge in [0.25, 0.3) is 0 Å². The number of hydrogen-bond acceptors (Lipinski definition) is 6. The summed E-state index contributed by atoms with van der Waals surface area (Å²) in [4.78, 5) is 25.0. The maximum absolute atomic E-state index is 11.8. The first-order valence-electron chi connectivity index (χ1n) is 10.1. The Morgan fingerprint density at radius 3 is 2.75 bits per heavy atom. The average molecular weight is 384 g/mol. The van der Waals surface area contributed by atoms with E-state index in [1.54, 1.807) is 6.92 Å². The Balaban J connectivity index is 1.59. The molecule has 3 heterocycles. The van der Waals surface area contributed by atoms with Crippen LogP contribution in [-0.2, 0) is 37.1 Å². The van der Waals surface area contributed by atoms with Gasteiger partial charge in [-0.15, -0.1) is 0 Å². The summed E-state index contributed by atoms with van der Waals surface area (Å²) in [6.07, 6.45) is 6.71. The van der Waals surface area contributed by atoms with Crippen molar-refractivity contribution in [1.82, 2.24) is 25.1 Å². The van der Waals surface area contributed by atoms with Crippen molar-refractivity contribution in [3.8, 4) is 0 Å². The number of carbonyl (C=O) groups is 1. The quantitative estimate of drug-likeness (QED) is 0.786. The lowest BCUT2D eigenvalue weighted by atomic mass is 10.0. The van der Waals surface area contributed by atoms with Crippen LogP contribution < -0.4 is 10.2 Å². The summed E-state index contributed by atoms with van der Waals surface area (Å²) in [7, 11) is 3.87. The highest BCUT2D eigenvalue weighted by molar-refractivity contribution is 5.73. The van der Waals surface area contributed by atoms with Gasteiger partial charge in [-0.3, -0.25) is 9.89 Å². The summed E-state index contributed by atoms with van der Waals surface area (Å²) in [5, 5.41) is 11.3. The van der Waals surface area contributed by atoms with Crippen LogP contribution in [0, 0.1) is 0 Å². The van der Waals surface area contributed by atoms with E-state index >= 15 is 0 Å². The van der Waals surface area contributed by atoms with Crippen molar-refractivity contribution in [3.05, 3.63) is 28.2 Å². The zero-order valence-corrected chi connectivity index (χ0v) is 17.0. The molecule has 8 heteroatoms. The summed E-state index contributed by atoms with van der Waals surface area (Å²) < 4.78 is 0. The predicted molar refractivity (Wildman–Crippen MR) is 108 cm³/mol. The van der Waals surface area contributed by atoms with Crippen LogP contribution in [-0.4, -0.2) is 51.6 Å². The first kappa shape index (κ1) is 18.7. The number of rotatable bonds is 4. The minimum atomic E-state index is 0.0874. The number of carbonyl (C=O) groups excluding carboxylic acids is 1. The second kappa shape index (κ2) is 7.77. The van der Waals surface area contributed by atoms with Crippen LogP contribution in [0.25, 0.3) is 0 Å². The van der Waals surface area contributed by atoms with Gasteiger partial charge in [-0.05, 0) is 37.7 Å². The van der Waals surface area contributed by atoms with Crippen molar-refractivity contribution in [2.75, 3.05) is 30.9 Å². The number of aromatic amines is 1. The van der Waals surface area contributed by atoms with E-state index in [1.807, 2.05) is 23.9 Å². The van der Waals surface area contributed by atoms with Crippen molar-refractivity contribution in [2.24, 2.45) is 0 Å². The molecule has 1 amide bonds. The van der Waals surface area contributed by atoms with Gasteiger partial charge in [-0.2, -0.15) is 10.1 Å². The molecule has 0 radical (unpaired) electrons. The van der Waals surface area contributed by atoms with Gasteiger partial charge in [0.15, 0.2) is 0 Å². The molecule has 1 aliphatic carbocycles. The van der Waals surface area contributed by atoms with Crippen molar-refractivity contribution in [1.29, 1.82) is 0 Å². The molecular formula is C20H29N7O. The minimum Gasteiger partial charge on any atom is -0.364 e. The second-order valence-corrected chi connectivity index (χ2v) is 7.92. The number of aryl methyl sites for hydroxylation is 1. The predicted octanol–water partition coefficient (Wildman–Crippen LogP) is 2.05. The van der Waals surface area contributed by atoms with Crippen LogP contribution in [0.3, 0.4) is 0 Å². The van der Waals surface area contributed by atoms with Gasteiger partial charge in [-0.1, -0.05) is 6.42 Å². The molecule has 4 rings (SSSR count). The molecule has 8 nitrogen and oxygen atoms in total. The molecule has 2 aliphatic rings. The molecule has 0 atom stereocenters. The summed E-state index contributed by atoms with van der Waals surface area (Å²) in [6, 6.07) is 0. The number of nitrogens with one attached hydrogen (secondary N) is 2. The SMILES string of the molecule is CC(=O)N1CCc2c(nc(N(C)C)nc2NCc2n[nH]c3c2CCCCC3)C1. The Morgan fingerprint density at radius 2 is 1.96 bits per heavy atom. The van der Waals surface area contributed by atoms with Gasteiger partial charge in [0.05, 0.1) is 24.5 Å². The second-order valence-electron chi connectivity index (χ2n) is 7.92. The third-order valence-electron chi connectivity index (χ3n) is 5.71. The molecule has 0 fully saturated rings. The lowest BCUT2D eigenvalue weighted by molar-refractivity contribution is -0.129. The van der Waals surface area contributed by atoms with E-state index in [-0.39, 0.29) is 5.91 Å². The van der Waals surface area contributed by atoms with Gasteiger partial charge < -0.3 is 15.1 Å². The molecule has 0 saturated carbocycles. The molecule has 2 aromatic heterocycles. The third kappa shape index (κ3) is 3.68. The fourth-order valence-corrected chi connectivity index (χ4v) is 4.07. The van der Waals surface area contributed by atoms with E-state index in [0.717, 1.165) is 42.0 Å². The van der Waals surface area contributed by atoms with Crippen molar-refractivity contribution < 1.29 is 4.79 Å². The largest absolute Gasteiger partial charge is 0.364 e. The molecule has 0 spiro atoms. The van der Waals surface area contributed by atoms with E-state index < -0.39 is 0 Å². The highest BCUT2D eigenvalue weighted by Crippen LogP contribution is 2.27. The van der Waals surface area contributed by atoms with Crippen molar-refractivity contribution >= 4 is 17.7 Å². The normalized spacial score (nSPS) is 16.2. The highest BCUT2D eigenvalue weighted by atomic mass is 16.2. The topological polar surface area (TPSA) is 90.0 Å². The molecule has 0 unspecified atom stereocenters. The molecular weight excluding hydrogens is 354 g/mol. The van der Waals surface area contributed by atoms with Gasteiger partial charge >= 0.3 is 0 Å². The lowest BCUT2D eigenvalue weighted by Gasteiger charge is -2.29. The molecule has 0 bridgehead atoms.